The van der Waals surface area contributed by atoms with Gasteiger partial charge in [-0.15, -0.1) is 0 Å². The highest BCUT2D eigenvalue weighted by molar-refractivity contribution is 5.94. The van der Waals surface area contributed by atoms with Gasteiger partial charge in [-0.2, -0.15) is 0 Å². The summed E-state index contributed by atoms with van der Waals surface area (Å²) in [6.45, 7) is 3.47. The molecule has 1 amide bonds. The van der Waals surface area contributed by atoms with Gasteiger partial charge in [0.15, 0.2) is 0 Å². The van der Waals surface area contributed by atoms with Crippen molar-refractivity contribution in [1.29, 1.82) is 0 Å². The summed E-state index contributed by atoms with van der Waals surface area (Å²) in [5.74, 6) is 1.15. The molecule has 1 fully saturated rings. The monoisotopic (exact) mass is 398 g/mol. The first-order valence-corrected chi connectivity index (χ1v) is 10.6. The second-order valence-corrected chi connectivity index (χ2v) is 8.37. The van der Waals surface area contributed by atoms with E-state index in [1.54, 1.807) is 0 Å². The van der Waals surface area contributed by atoms with Crippen LogP contribution in [0.15, 0.2) is 66.9 Å². The third kappa shape index (κ3) is 3.75. The Morgan fingerprint density at radius 2 is 1.73 bits per heavy atom. The second-order valence-electron chi connectivity index (χ2n) is 8.37. The van der Waals surface area contributed by atoms with Crippen molar-refractivity contribution < 1.29 is 4.79 Å². The summed E-state index contributed by atoms with van der Waals surface area (Å²) in [5.41, 5.74) is 11.6. The molecule has 3 aromatic rings. The minimum atomic E-state index is 0.129. The number of rotatable bonds is 4. The number of anilines is 2. The lowest BCUT2D eigenvalue weighted by Gasteiger charge is -2.20. The summed E-state index contributed by atoms with van der Waals surface area (Å²) in [4.78, 5) is 21.5. The fourth-order valence-electron chi connectivity index (χ4n) is 4.59. The third-order valence-electron chi connectivity index (χ3n) is 6.27. The van der Waals surface area contributed by atoms with E-state index in [1.165, 1.54) is 16.7 Å². The van der Waals surface area contributed by atoms with Gasteiger partial charge in [0.25, 0.3) is 5.91 Å². The van der Waals surface area contributed by atoms with Gasteiger partial charge < -0.3 is 15.5 Å². The van der Waals surface area contributed by atoms with Crippen molar-refractivity contribution in [2.24, 2.45) is 5.92 Å². The predicted octanol–water partition coefficient (Wildman–Crippen LogP) is 3.89. The van der Waals surface area contributed by atoms with E-state index in [1.807, 2.05) is 35.4 Å². The molecule has 0 radical (unpaired) electrons. The molecule has 5 heteroatoms. The zero-order valence-electron chi connectivity index (χ0n) is 17.0. The average Bonchev–Trinajstić information content (AvgIpc) is 3.42. The Hall–Kier alpha value is -3.34. The van der Waals surface area contributed by atoms with Gasteiger partial charge in [-0.05, 0) is 65.8 Å². The molecule has 3 heterocycles. The van der Waals surface area contributed by atoms with E-state index in [0.717, 1.165) is 50.3 Å². The Bertz CT molecular complexity index is 1020. The molecule has 2 aliphatic heterocycles. The van der Waals surface area contributed by atoms with Crippen LogP contribution < -0.4 is 10.6 Å². The number of pyridine rings is 1. The Morgan fingerprint density at radius 1 is 1.00 bits per heavy atom. The summed E-state index contributed by atoms with van der Waals surface area (Å²) in [7, 11) is 0. The number of carbonyl (C=O) groups is 1. The smallest absolute Gasteiger partial charge is 0.253 e. The van der Waals surface area contributed by atoms with Crippen LogP contribution >= 0.6 is 0 Å². The van der Waals surface area contributed by atoms with E-state index >= 15 is 0 Å². The maximum atomic E-state index is 13.0. The number of amides is 1. The summed E-state index contributed by atoms with van der Waals surface area (Å²) < 4.78 is 0. The van der Waals surface area contributed by atoms with Crippen molar-refractivity contribution >= 4 is 17.4 Å². The minimum Gasteiger partial charge on any atom is -0.384 e. The lowest BCUT2D eigenvalue weighted by molar-refractivity contribution is 0.0787. The fraction of sp³-hybridized carbons (Fsp3) is 0.280. The fourth-order valence-corrected chi connectivity index (χ4v) is 4.59. The molecule has 152 valence electrons. The molecule has 1 saturated heterocycles. The van der Waals surface area contributed by atoms with Crippen LogP contribution in [-0.4, -0.2) is 28.9 Å². The highest BCUT2D eigenvalue weighted by Gasteiger charge is 2.27. The van der Waals surface area contributed by atoms with Crippen molar-refractivity contribution in [3.63, 3.8) is 0 Å². The van der Waals surface area contributed by atoms with Crippen LogP contribution in [0.25, 0.3) is 0 Å². The zero-order chi connectivity index (χ0) is 20.5. The molecular formula is C25H26N4O. The van der Waals surface area contributed by atoms with E-state index in [9.17, 15) is 4.79 Å². The lowest BCUT2D eigenvalue weighted by atomic mass is 10.00. The molecule has 1 aromatic heterocycles. The van der Waals surface area contributed by atoms with Gasteiger partial charge in [0.2, 0.25) is 0 Å². The third-order valence-corrected chi connectivity index (χ3v) is 6.27. The van der Waals surface area contributed by atoms with Gasteiger partial charge in [-0.3, -0.25) is 4.79 Å². The van der Waals surface area contributed by atoms with Crippen LogP contribution in [0.3, 0.4) is 0 Å². The van der Waals surface area contributed by atoms with Crippen LogP contribution in [-0.2, 0) is 19.5 Å². The Labute approximate surface area is 177 Å². The molecule has 0 bridgehead atoms. The molecule has 2 aliphatic rings. The van der Waals surface area contributed by atoms with Gasteiger partial charge in [-0.25, -0.2) is 4.98 Å². The van der Waals surface area contributed by atoms with Gasteiger partial charge in [0.05, 0.1) is 0 Å². The van der Waals surface area contributed by atoms with Crippen molar-refractivity contribution in [2.75, 3.05) is 23.7 Å². The van der Waals surface area contributed by atoms with E-state index in [-0.39, 0.29) is 5.91 Å². The largest absolute Gasteiger partial charge is 0.384 e. The number of nitrogen functional groups attached to an aromatic ring is 1. The summed E-state index contributed by atoms with van der Waals surface area (Å²) in [6.07, 6.45) is 3.81. The molecular weight excluding hydrogens is 372 g/mol. The number of benzene rings is 2. The van der Waals surface area contributed by atoms with Crippen LogP contribution in [0.1, 0.15) is 33.5 Å². The SMILES string of the molecule is Nc1ccc(CC2CCN(C(=O)c3ccc(N4Cc5ccccc5C4)cc3)C2)cn1. The Kier molecular flexibility index (Phi) is 4.87. The van der Waals surface area contributed by atoms with Crippen LogP contribution in [0.5, 0.6) is 0 Å². The number of hydrogen-bond donors (Lipinski definition) is 1. The maximum absolute atomic E-state index is 13.0. The normalized spacial score (nSPS) is 17.9. The molecule has 1 unspecified atom stereocenters. The molecule has 2 N–H and O–H groups in total. The Morgan fingerprint density at radius 3 is 2.40 bits per heavy atom. The quantitative estimate of drug-likeness (QED) is 0.724. The number of nitrogens with two attached hydrogens (primary N) is 1. The maximum Gasteiger partial charge on any atom is 0.253 e. The van der Waals surface area contributed by atoms with Crippen molar-refractivity contribution in [2.45, 2.75) is 25.9 Å². The van der Waals surface area contributed by atoms with Gasteiger partial charge >= 0.3 is 0 Å². The zero-order valence-corrected chi connectivity index (χ0v) is 17.0. The van der Waals surface area contributed by atoms with E-state index < -0.39 is 0 Å². The second kappa shape index (κ2) is 7.82. The van der Waals surface area contributed by atoms with Gasteiger partial charge in [0.1, 0.15) is 5.82 Å². The summed E-state index contributed by atoms with van der Waals surface area (Å²) >= 11 is 0. The van der Waals surface area contributed by atoms with Crippen LogP contribution in [0.2, 0.25) is 0 Å². The number of hydrogen-bond acceptors (Lipinski definition) is 4. The molecule has 2 aromatic carbocycles. The highest BCUT2D eigenvalue weighted by Crippen LogP contribution is 2.29. The van der Waals surface area contributed by atoms with Crippen LogP contribution in [0, 0.1) is 5.92 Å². The highest BCUT2D eigenvalue weighted by atomic mass is 16.2. The Balaban J connectivity index is 1.20. The average molecular weight is 399 g/mol. The number of likely N-dealkylation sites (tertiary alicyclic amines) is 1. The van der Waals surface area contributed by atoms with Crippen molar-refractivity contribution in [3.8, 4) is 0 Å². The van der Waals surface area contributed by atoms with E-state index in [2.05, 4.69) is 46.3 Å². The van der Waals surface area contributed by atoms with Crippen molar-refractivity contribution in [1.82, 2.24) is 9.88 Å². The predicted molar refractivity (Wildman–Crippen MR) is 119 cm³/mol. The van der Waals surface area contributed by atoms with Crippen LogP contribution in [0.4, 0.5) is 11.5 Å². The number of aromatic nitrogens is 1. The number of fused-ring (bicyclic) bond motifs is 1. The molecule has 30 heavy (non-hydrogen) atoms. The molecule has 5 rings (SSSR count). The molecule has 0 aliphatic carbocycles. The molecule has 0 saturated carbocycles. The minimum absolute atomic E-state index is 0.129. The lowest BCUT2D eigenvalue weighted by Crippen LogP contribution is -2.29. The standard InChI is InChI=1S/C25H26N4O/c26-24-10-5-18(14-27-24)13-19-11-12-28(15-19)25(30)20-6-8-23(9-7-20)29-16-21-3-1-2-4-22(21)17-29/h1-10,14,19H,11-13,15-17H2,(H2,26,27). The molecule has 0 spiro atoms. The first-order valence-electron chi connectivity index (χ1n) is 10.6. The van der Waals surface area contributed by atoms with E-state index in [4.69, 9.17) is 5.73 Å². The van der Waals surface area contributed by atoms with E-state index in [0.29, 0.717) is 11.7 Å². The van der Waals surface area contributed by atoms with Gasteiger partial charge in [0, 0.05) is 43.6 Å². The number of carbonyl (C=O) groups excluding carboxylic acids is 1. The first-order chi connectivity index (χ1) is 14.7. The summed E-state index contributed by atoms with van der Waals surface area (Å²) in [5, 5.41) is 0. The first kappa shape index (κ1) is 18.7. The molecule has 1 atom stereocenters. The topological polar surface area (TPSA) is 62.5 Å². The molecule has 5 nitrogen and oxygen atoms in total. The number of nitrogens with zero attached hydrogens (tertiary/aromatic N) is 3. The summed E-state index contributed by atoms with van der Waals surface area (Å²) in [6, 6.07) is 20.5. The van der Waals surface area contributed by atoms with Crippen molar-refractivity contribution in [3.05, 3.63) is 89.1 Å². The van der Waals surface area contributed by atoms with Gasteiger partial charge in [-0.1, -0.05) is 30.3 Å².